The summed E-state index contributed by atoms with van der Waals surface area (Å²) < 4.78 is 0. The summed E-state index contributed by atoms with van der Waals surface area (Å²) in [4.78, 5) is 12.3. The standard InChI is InChI=1S/C18H19N3O/c1-13-4-6-15(7-5-13)18-16-11-21(12-17(16)22-20-18)10-14-3-2-8-19-9-14/h2-9,16-17H,10-12H2,1H3/t16-,17-/m1/s1. The molecule has 0 amide bonds. The van der Waals surface area contributed by atoms with E-state index in [9.17, 15) is 0 Å². The van der Waals surface area contributed by atoms with Crippen molar-refractivity contribution in [1.82, 2.24) is 9.88 Å². The zero-order valence-electron chi connectivity index (χ0n) is 12.6. The van der Waals surface area contributed by atoms with Gasteiger partial charge in [0.2, 0.25) is 0 Å². The number of hydrogen-bond donors (Lipinski definition) is 0. The number of fused-ring (bicyclic) bond motifs is 1. The van der Waals surface area contributed by atoms with Gasteiger partial charge in [-0.05, 0) is 24.1 Å². The van der Waals surface area contributed by atoms with E-state index in [4.69, 9.17) is 4.84 Å². The molecule has 2 aliphatic rings. The number of oxime groups is 1. The summed E-state index contributed by atoms with van der Waals surface area (Å²) >= 11 is 0. The van der Waals surface area contributed by atoms with Crippen molar-refractivity contribution in [3.8, 4) is 0 Å². The average molecular weight is 293 g/mol. The second kappa shape index (κ2) is 5.54. The fourth-order valence-corrected chi connectivity index (χ4v) is 3.28. The first-order valence-corrected chi connectivity index (χ1v) is 7.71. The van der Waals surface area contributed by atoms with E-state index < -0.39 is 0 Å². The van der Waals surface area contributed by atoms with Gasteiger partial charge in [-0.25, -0.2) is 0 Å². The summed E-state index contributed by atoms with van der Waals surface area (Å²) in [7, 11) is 0. The van der Waals surface area contributed by atoms with Crippen LogP contribution in [0.2, 0.25) is 0 Å². The Morgan fingerprint density at radius 2 is 2.05 bits per heavy atom. The van der Waals surface area contributed by atoms with Gasteiger partial charge in [0.25, 0.3) is 0 Å². The predicted octanol–water partition coefficient (Wildman–Crippen LogP) is 2.62. The lowest BCUT2D eigenvalue weighted by Crippen LogP contribution is -2.23. The molecule has 3 heterocycles. The highest BCUT2D eigenvalue weighted by Crippen LogP contribution is 2.30. The Labute approximate surface area is 130 Å². The SMILES string of the molecule is Cc1ccc(C2=NO[C@@H]3CN(Cc4cccnc4)C[C@@H]23)cc1. The van der Waals surface area contributed by atoms with Crippen LogP contribution in [0.15, 0.2) is 53.9 Å². The highest BCUT2D eigenvalue weighted by atomic mass is 16.6. The lowest BCUT2D eigenvalue weighted by molar-refractivity contribution is 0.0745. The number of pyridine rings is 1. The maximum absolute atomic E-state index is 5.67. The van der Waals surface area contributed by atoms with Gasteiger partial charge >= 0.3 is 0 Å². The van der Waals surface area contributed by atoms with Gasteiger partial charge in [-0.3, -0.25) is 9.88 Å². The number of aryl methyl sites for hydroxylation is 1. The topological polar surface area (TPSA) is 37.7 Å². The largest absolute Gasteiger partial charge is 0.390 e. The Hall–Kier alpha value is -2.20. The lowest BCUT2D eigenvalue weighted by Gasteiger charge is -2.16. The van der Waals surface area contributed by atoms with Gasteiger partial charge in [0, 0.05) is 32.0 Å². The van der Waals surface area contributed by atoms with Crippen molar-refractivity contribution in [3.05, 3.63) is 65.5 Å². The van der Waals surface area contributed by atoms with Gasteiger partial charge < -0.3 is 4.84 Å². The van der Waals surface area contributed by atoms with E-state index in [0.29, 0.717) is 5.92 Å². The van der Waals surface area contributed by atoms with Crippen molar-refractivity contribution in [2.24, 2.45) is 11.1 Å². The number of benzene rings is 1. The molecule has 1 aromatic carbocycles. The Morgan fingerprint density at radius 1 is 1.18 bits per heavy atom. The van der Waals surface area contributed by atoms with Gasteiger partial charge in [-0.1, -0.05) is 41.1 Å². The molecule has 22 heavy (non-hydrogen) atoms. The van der Waals surface area contributed by atoms with Crippen molar-refractivity contribution < 1.29 is 4.84 Å². The molecule has 1 aromatic heterocycles. The van der Waals surface area contributed by atoms with Crippen LogP contribution in [-0.4, -0.2) is 34.8 Å². The summed E-state index contributed by atoms with van der Waals surface area (Å²) in [6.45, 7) is 4.95. The summed E-state index contributed by atoms with van der Waals surface area (Å²) in [5.74, 6) is 0.374. The van der Waals surface area contributed by atoms with Crippen molar-refractivity contribution >= 4 is 5.71 Å². The fraction of sp³-hybridized carbons (Fsp3) is 0.333. The van der Waals surface area contributed by atoms with Crippen molar-refractivity contribution in [1.29, 1.82) is 0 Å². The summed E-state index contributed by atoms with van der Waals surface area (Å²) in [6.07, 6.45) is 3.94. The molecule has 2 aromatic rings. The number of likely N-dealkylation sites (tertiary alicyclic amines) is 1. The third-order valence-electron chi connectivity index (χ3n) is 4.46. The Bertz CT molecular complexity index is 681. The van der Waals surface area contributed by atoms with Crippen LogP contribution in [0.5, 0.6) is 0 Å². The van der Waals surface area contributed by atoms with E-state index in [2.05, 4.69) is 52.3 Å². The molecular formula is C18H19N3O. The first-order chi connectivity index (χ1) is 10.8. The molecule has 0 N–H and O–H groups in total. The summed E-state index contributed by atoms with van der Waals surface area (Å²) in [6, 6.07) is 12.7. The molecular weight excluding hydrogens is 274 g/mol. The predicted molar refractivity (Wildman–Crippen MR) is 85.6 cm³/mol. The van der Waals surface area contributed by atoms with Crippen LogP contribution in [0, 0.1) is 12.8 Å². The zero-order valence-corrected chi connectivity index (χ0v) is 12.6. The average Bonchev–Trinajstić information content (AvgIpc) is 3.09. The van der Waals surface area contributed by atoms with Crippen LogP contribution in [0.25, 0.3) is 0 Å². The molecule has 4 heteroatoms. The highest BCUT2D eigenvalue weighted by molar-refractivity contribution is 6.03. The fourth-order valence-electron chi connectivity index (χ4n) is 3.28. The van der Waals surface area contributed by atoms with E-state index in [0.717, 1.165) is 25.3 Å². The lowest BCUT2D eigenvalue weighted by atomic mass is 9.94. The number of hydrogen-bond acceptors (Lipinski definition) is 4. The van der Waals surface area contributed by atoms with Crippen LogP contribution in [0.4, 0.5) is 0 Å². The van der Waals surface area contributed by atoms with E-state index in [1.165, 1.54) is 16.7 Å². The molecule has 112 valence electrons. The van der Waals surface area contributed by atoms with E-state index in [1.807, 2.05) is 18.5 Å². The summed E-state index contributed by atoms with van der Waals surface area (Å²) in [5, 5.41) is 4.34. The van der Waals surface area contributed by atoms with Gasteiger partial charge in [-0.15, -0.1) is 0 Å². The van der Waals surface area contributed by atoms with Crippen LogP contribution in [0.3, 0.4) is 0 Å². The van der Waals surface area contributed by atoms with Crippen LogP contribution in [-0.2, 0) is 11.4 Å². The minimum Gasteiger partial charge on any atom is -0.390 e. The minimum absolute atomic E-state index is 0.188. The first kappa shape index (κ1) is 13.5. The molecule has 0 saturated carbocycles. The molecule has 0 unspecified atom stereocenters. The van der Waals surface area contributed by atoms with Crippen molar-refractivity contribution in [2.75, 3.05) is 13.1 Å². The smallest absolute Gasteiger partial charge is 0.149 e. The van der Waals surface area contributed by atoms with E-state index in [-0.39, 0.29) is 6.10 Å². The maximum atomic E-state index is 5.67. The third-order valence-corrected chi connectivity index (χ3v) is 4.46. The number of rotatable bonds is 3. The molecule has 4 rings (SSSR count). The van der Waals surface area contributed by atoms with Gasteiger partial charge in [0.05, 0.1) is 11.6 Å². The van der Waals surface area contributed by atoms with Crippen LogP contribution in [0.1, 0.15) is 16.7 Å². The normalized spacial score (nSPS) is 24.0. The molecule has 0 radical (unpaired) electrons. The Morgan fingerprint density at radius 3 is 2.82 bits per heavy atom. The maximum Gasteiger partial charge on any atom is 0.149 e. The van der Waals surface area contributed by atoms with Gasteiger partial charge in [0.1, 0.15) is 6.10 Å². The highest BCUT2D eigenvalue weighted by Gasteiger charge is 2.42. The minimum atomic E-state index is 0.188. The summed E-state index contributed by atoms with van der Waals surface area (Å²) in [5.41, 5.74) is 4.79. The monoisotopic (exact) mass is 293 g/mol. The Kier molecular flexibility index (Phi) is 3.39. The zero-order chi connectivity index (χ0) is 14.9. The molecule has 1 fully saturated rings. The Balaban J connectivity index is 1.48. The van der Waals surface area contributed by atoms with Crippen LogP contribution < -0.4 is 0 Å². The molecule has 0 aliphatic carbocycles. The van der Waals surface area contributed by atoms with Gasteiger partial charge in [-0.2, -0.15) is 0 Å². The molecule has 1 saturated heterocycles. The first-order valence-electron chi connectivity index (χ1n) is 7.71. The molecule has 0 spiro atoms. The second-order valence-corrected chi connectivity index (χ2v) is 6.15. The van der Waals surface area contributed by atoms with Crippen molar-refractivity contribution in [3.63, 3.8) is 0 Å². The third kappa shape index (κ3) is 2.50. The molecule has 2 aliphatic heterocycles. The number of nitrogens with zero attached hydrogens (tertiary/aromatic N) is 3. The van der Waals surface area contributed by atoms with Crippen molar-refractivity contribution in [2.45, 2.75) is 19.6 Å². The van der Waals surface area contributed by atoms with Crippen LogP contribution >= 0.6 is 0 Å². The number of aromatic nitrogens is 1. The van der Waals surface area contributed by atoms with Gasteiger partial charge in [0.15, 0.2) is 0 Å². The second-order valence-electron chi connectivity index (χ2n) is 6.15. The molecule has 0 bridgehead atoms. The molecule has 2 atom stereocenters. The van der Waals surface area contributed by atoms with E-state index >= 15 is 0 Å². The molecule has 4 nitrogen and oxygen atoms in total. The van der Waals surface area contributed by atoms with E-state index in [1.54, 1.807) is 0 Å². The quantitative estimate of drug-likeness (QED) is 0.873.